The van der Waals surface area contributed by atoms with Gasteiger partial charge in [0.2, 0.25) is 0 Å². The molecule has 0 unspecified atom stereocenters. The molecule has 0 saturated heterocycles. The molecule has 1 aliphatic rings. The summed E-state index contributed by atoms with van der Waals surface area (Å²) in [6.45, 7) is 4.15. The molecule has 0 amide bonds. The molecule has 1 aliphatic heterocycles. The zero-order valence-electron chi connectivity index (χ0n) is 39.1. The van der Waals surface area contributed by atoms with Crippen LogP contribution in [0, 0.1) is 25.7 Å². The Balaban J connectivity index is 0.00000504. The third-order valence-electron chi connectivity index (χ3n) is 13.8. The number of aryl methyl sites for hydroxylation is 1. The molecule has 72 heavy (non-hydrogen) atoms. The first-order valence-electron chi connectivity index (χ1n) is 23.8. The molecule has 8 nitrogen and oxygen atoms in total. The maximum atomic E-state index is 6.62. The van der Waals surface area contributed by atoms with Crippen LogP contribution in [0.5, 0.6) is 11.5 Å². The van der Waals surface area contributed by atoms with E-state index in [9.17, 15) is 0 Å². The summed E-state index contributed by atoms with van der Waals surface area (Å²) in [7, 11) is 1.92. The molecule has 0 fully saturated rings. The van der Waals surface area contributed by atoms with E-state index in [0.717, 1.165) is 94.8 Å². The van der Waals surface area contributed by atoms with Gasteiger partial charge in [-0.05, 0) is 73.5 Å². The molecular formula is C63H42N7OPt-3. The van der Waals surface area contributed by atoms with E-state index in [0.29, 0.717) is 11.5 Å². The van der Waals surface area contributed by atoms with Crippen molar-refractivity contribution in [2.75, 3.05) is 11.9 Å². The summed E-state index contributed by atoms with van der Waals surface area (Å²) >= 11 is 0. The molecule has 0 radical (unpaired) electrons. The van der Waals surface area contributed by atoms with Crippen LogP contribution in [0.15, 0.2) is 218 Å². The maximum Gasteiger partial charge on any atom is 0.135 e. The van der Waals surface area contributed by atoms with Crippen molar-refractivity contribution in [2.45, 2.75) is 6.92 Å². The summed E-state index contributed by atoms with van der Waals surface area (Å²) < 4.78 is 13.7. The molecule has 0 bridgehead atoms. The Labute approximate surface area is 430 Å². The van der Waals surface area contributed by atoms with Gasteiger partial charge >= 0.3 is 0 Å². The predicted octanol–water partition coefficient (Wildman–Crippen LogP) is 15.0. The number of para-hydroxylation sites is 5. The smallest absolute Gasteiger partial charge is 0.135 e. The van der Waals surface area contributed by atoms with E-state index in [1.54, 1.807) is 0 Å². The number of benzene rings is 9. The third-order valence-corrected chi connectivity index (χ3v) is 13.8. The van der Waals surface area contributed by atoms with Crippen LogP contribution in [0.25, 0.3) is 93.7 Å². The molecule has 348 valence electrons. The average Bonchev–Trinajstić information content (AvgIpc) is 4.16. The van der Waals surface area contributed by atoms with Crippen LogP contribution in [-0.4, -0.2) is 36.6 Å². The molecule has 4 aromatic heterocycles. The zero-order valence-corrected chi connectivity index (χ0v) is 41.4. The Morgan fingerprint density at radius 2 is 0.986 bits per heavy atom. The van der Waals surface area contributed by atoms with Crippen LogP contribution >= 0.6 is 0 Å². The minimum atomic E-state index is 0. The second-order valence-electron chi connectivity index (χ2n) is 18.1. The van der Waals surface area contributed by atoms with Crippen LogP contribution < -0.4 is 9.64 Å². The number of hydrazone groups is 1. The minimum absolute atomic E-state index is 0. The summed E-state index contributed by atoms with van der Waals surface area (Å²) in [4.78, 5) is 7.44. The van der Waals surface area contributed by atoms with Crippen molar-refractivity contribution in [1.29, 1.82) is 0 Å². The van der Waals surface area contributed by atoms with Gasteiger partial charge in [-0.2, -0.15) is 17.2 Å². The van der Waals surface area contributed by atoms with Gasteiger partial charge in [0.1, 0.15) is 11.7 Å². The van der Waals surface area contributed by atoms with E-state index >= 15 is 0 Å². The minimum Gasteiger partial charge on any atom is -0.509 e. The summed E-state index contributed by atoms with van der Waals surface area (Å²) in [5.74, 6) is 2.73. The number of rotatable bonds is 8. The molecule has 0 spiro atoms. The Morgan fingerprint density at radius 1 is 0.486 bits per heavy atom. The van der Waals surface area contributed by atoms with Crippen LogP contribution in [0.3, 0.4) is 0 Å². The molecule has 0 saturated carbocycles. The van der Waals surface area contributed by atoms with Gasteiger partial charge < -0.3 is 28.3 Å². The molecule has 9 aromatic carbocycles. The Hall–Kier alpha value is -8.71. The largest absolute Gasteiger partial charge is 0.509 e. The number of hydrogen-bond donors (Lipinski definition) is 0. The van der Waals surface area contributed by atoms with Crippen LogP contribution in [-0.2, 0) is 21.1 Å². The number of fused-ring (bicyclic) bond motifs is 9. The van der Waals surface area contributed by atoms with Crippen molar-refractivity contribution < 1.29 is 25.8 Å². The number of nitrogens with zero attached hydrogens (tertiary/aromatic N) is 7. The number of anilines is 1. The van der Waals surface area contributed by atoms with Gasteiger partial charge in [-0.25, -0.2) is 4.98 Å². The SMILES string of the molecule is Cc1cc(-n2c3[c-]c(Oc4[c-]c(N5[CH-]N(C)N=C5c5ccccc5)ccc4)ccc3c3ccccc32)ncc1-c1c(-n2c3ccccc3c3ccccc32)cccc1-n1c2ccccc2c2ccccc21.[Pt]. The van der Waals surface area contributed by atoms with Gasteiger partial charge in [0, 0.05) is 82.5 Å². The monoisotopic (exact) mass is 1110 g/mol. The summed E-state index contributed by atoms with van der Waals surface area (Å²) in [5, 5.41) is 13.6. The number of ether oxygens (including phenoxy) is 1. The Bertz CT molecular complexity index is 4060. The summed E-state index contributed by atoms with van der Waals surface area (Å²) in [6, 6.07) is 79.6. The second kappa shape index (κ2) is 17.3. The van der Waals surface area contributed by atoms with E-state index in [-0.39, 0.29) is 21.1 Å². The average molecular weight is 1110 g/mol. The quantitative estimate of drug-likeness (QED) is 0.142. The topological polar surface area (TPSA) is 55.8 Å². The standard InChI is InChI=1S/C63H42N7O.Pt/c1-41-36-61(70-57-31-15-10-26-50(57)51-35-34-45(38-60(51)70)71-44-21-16-20-43(37-44)67-40-66(2)65-63(67)42-18-4-3-5-19-42)64-39-52(41)62-58(68-53-27-11-6-22-46(53)47-23-7-12-28-54(47)68)32-17-33-59(62)69-55-29-13-8-24-48(55)49-25-9-14-30-56(49)69;/h3-36,39-40H,1-2H3;/q-3;. The second-order valence-corrected chi connectivity index (χ2v) is 18.1. The van der Waals surface area contributed by atoms with Crippen LogP contribution in [0.4, 0.5) is 5.69 Å². The van der Waals surface area contributed by atoms with Gasteiger partial charge in [0.15, 0.2) is 0 Å². The first-order chi connectivity index (χ1) is 35.1. The number of hydrogen-bond acceptors (Lipinski definition) is 5. The van der Waals surface area contributed by atoms with Crippen molar-refractivity contribution in [3.63, 3.8) is 0 Å². The van der Waals surface area contributed by atoms with Crippen LogP contribution in [0.1, 0.15) is 11.1 Å². The van der Waals surface area contributed by atoms with E-state index < -0.39 is 0 Å². The molecular weight excluding hydrogens is 1070 g/mol. The molecule has 9 heteroatoms. The molecule has 0 N–H and O–H groups in total. The van der Waals surface area contributed by atoms with Gasteiger partial charge in [-0.3, -0.25) is 0 Å². The van der Waals surface area contributed by atoms with Crippen molar-refractivity contribution in [3.8, 4) is 39.8 Å². The molecule has 5 heterocycles. The molecule has 0 aliphatic carbocycles. The maximum absolute atomic E-state index is 6.62. The fourth-order valence-electron chi connectivity index (χ4n) is 10.8. The van der Waals surface area contributed by atoms with E-state index in [4.69, 9.17) is 14.8 Å². The van der Waals surface area contributed by atoms with Crippen LogP contribution in [0.2, 0.25) is 0 Å². The number of amidine groups is 1. The predicted molar refractivity (Wildman–Crippen MR) is 289 cm³/mol. The van der Waals surface area contributed by atoms with Gasteiger partial charge in [-0.1, -0.05) is 139 Å². The third kappa shape index (κ3) is 6.85. The van der Waals surface area contributed by atoms with E-state index in [1.807, 2.05) is 66.1 Å². The zero-order chi connectivity index (χ0) is 47.2. The van der Waals surface area contributed by atoms with E-state index in [2.05, 4.69) is 203 Å². The number of pyridine rings is 1. The van der Waals surface area contributed by atoms with Crippen molar-refractivity contribution >= 4 is 76.9 Å². The summed E-state index contributed by atoms with van der Waals surface area (Å²) in [5.41, 5.74) is 13.7. The molecule has 0 atom stereocenters. The Morgan fingerprint density at radius 3 is 1.56 bits per heavy atom. The Kier molecular flexibility index (Phi) is 10.4. The molecule has 13 aromatic rings. The van der Waals surface area contributed by atoms with Gasteiger partial charge in [0.25, 0.3) is 0 Å². The first kappa shape index (κ1) is 43.3. The normalized spacial score (nSPS) is 12.7. The summed E-state index contributed by atoms with van der Waals surface area (Å²) in [6.07, 6.45) is 2.07. The van der Waals surface area contributed by atoms with E-state index in [1.165, 1.54) is 21.5 Å². The van der Waals surface area contributed by atoms with Crippen molar-refractivity contribution in [3.05, 3.63) is 242 Å². The van der Waals surface area contributed by atoms with Crippen molar-refractivity contribution in [1.82, 2.24) is 23.7 Å². The molecule has 14 rings (SSSR count). The first-order valence-corrected chi connectivity index (χ1v) is 23.8. The van der Waals surface area contributed by atoms with Gasteiger partial charge in [-0.15, -0.1) is 42.4 Å². The number of aromatic nitrogens is 4. The fraction of sp³-hybridized carbons (Fsp3) is 0.0317. The van der Waals surface area contributed by atoms with Gasteiger partial charge in [0.05, 0.1) is 33.4 Å². The van der Waals surface area contributed by atoms with Crippen molar-refractivity contribution in [2.24, 2.45) is 5.10 Å². The fourth-order valence-corrected chi connectivity index (χ4v) is 10.8.